The highest BCUT2D eigenvalue weighted by molar-refractivity contribution is 6.23. The molecular weight excluding hydrogens is 634 g/mol. The molecule has 0 saturated carbocycles. The molecule has 0 aliphatic carbocycles. The number of nitrogens with zero attached hydrogens (tertiary/aromatic N) is 4. The summed E-state index contributed by atoms with van der Waals surface area (Å²) in [5.41, 5.74) is 4.60. The summed E-state index contributed by atoms with van der Waals surface area (Å²) in [5.74, 6) is -1.30. The van der Waals surface area contributed by atoms with Gasteiger partial charge in [-0.25, -0.2) is 0 Å². The Hall–Kier alpha value is -4.71. The Morgan fingerprint density at radius 3 is 2.20 bits per heavy atom. The summed E-state index contributed by atoms with van der Waals surface area (Å²) in [6.07, 6.45) is 2.49. The zero-order valence-corrected chi connectivity index (χ0v) is 28.2. The van der Waals surface area contributed by atoms with Crippen molar-refractivity contribution in [3.05, 3.63) is 95.1 Å². The molecule has 3 fully saturated rings. The molecule has 3 aromatic rings. The van der Waals surface area contributed by atoms with Crippen LogP contribution in [0.15, 0.2) is 72.8 Å². The van der Waals surface area contributed by atoms with E-state index in [0.717, 1.165) is 86.8 Å². The summed E-state index contributed by atoms with van der Waals surface area (Å²) >= 11 is 0. The van der Waals surface area contributed by atoms with Crippen LogP contribution in [0.5, 0.6) is 0 Å². The highest BCUT2D eigenvalue weighted by atomic mass is 16.5. The predicted molar refractivity (Wildman–Crippen MR) is 186 cm³/mol. The third-order valence-corrected chi connectivity index (χ3v) is 10.4. The summed E-state index contributed by atoms with van der Waals surface area (Å²) in [6.45, 7) is 7.81. The lowest BCUT2D eigenvalue weighted by molar-refractivity contribution is -0.138. The van der Waals surface area contributed by atoms with Gasteiger partial charge >= 0.3 is 0 Å². The van der Waals surface area contributed by atoms with E-state index in [1.54, 1.807) is 12.1 Å². The van der Waals surface area contributed by atoms with Crippen LogP contribution in [0.3, 0.4) is 0 Å². The molecule has 11 heteroatoms. The van der Waals surface area contributed by atoms with Gasteiger partial charge in [0.2, 0.25) is 17.7 Å². The van der Waals surface area contributed by atoms with Crippen molar-refractivity contribution in [3.8, 4) is 11.1 Å². The second kappa shape index (κ2) is 15.0. The molecule has 0 radical (unpaired) electrons. The molecule has 0 bridgehead atoms. The van der Waals surface area contributed by atoms with Crippen molar-refractivity contribution in [2.24, 2.45) is 5.92 Å². The number of carbonyl (C=O) groups excluding carboxylic acids is 5. The minimum atomic E-state index is -0.979. The first kappa shape index (κ1) is 33.8. The van der Waals surface area contributed by atoms with E-state index in [4.69, 9.17) is 4.74 Å². The molecule has 1 N–H and O–H groups in total. The Balaban J connectivity index is 0.868. The molecule has 11 nitrogen and oxygen atoms in total. The van der Waals surface area contributed by atoms with Crippen LogP contribution in [-0.2, 0) is 32.3 Å². The van der Waals surface area contributed by atoms with Crippen LogP contribution in [-0.4, -0.2) is 108 Å². The minimum Gasteiger partial charge on any atom is -0.367 e. The van der Waals surface area contributed by atoms with E-state index in [9.17, 15) is 24.0 Å². The molecule has 0 aromatic heterocycles. The number of piperidine rings is 2. The first-order chi connectivity index (χ1) is 24.3. The lowest BCUT2D eigenvalue weighted by Crippen LogP contribution is -2.54. The number of carbonyl (C=O) groups is 5. The maximum Gasteiger partial charge on any atom is 0.262 e. The molecule has 260 valence electrons. The lowest BCUT2D eigenvalue weighted by Gasteiger charge is -2.39. The first-order valence-electron chi connectivity index (χ1n) is 17.6. The number of amides is 5. The molecule has 1 atom stereocenters. The number of piperazine rings is 1. The number of nitrogens with one attached hydrogen (secondary N) is 1. The fourth-order valence-corrected chi connectivity index (χ4v) is 7.55. The highest BCUT2D eigenvalue weighted by Crippen LogP contribution is 2.32. The van der Waals surface area contributed by atoms with Crippen molar-refractivity contribution in [1.29, 1.82) is 0 Å². The average Bonchev–Trinajstić information content (AvgIpc) is 3.38. The zero-order chi connectivity index (χ0) is 34.6. The van der Waals surface area contributed by atoms with Gasteiger partial charge in [0.15, 0.2) is 0 Å². The Morgan fingerprint density at radius 1 is 0.720 bits per heavy atom. The van der Waals surface area contributed by atoms with Crippen molar-refractivity contribution in [3.63, 3.8) is 0 Å². The molecule has 3 saturated heterocycles. The topological polar surface area (TPSA) is 120 Å². The number of benzene rings is 3. The van der Waals surface area contributed by atoms with Crippen molar-refractivity contribution in [2.45, 2.75) is 44.9 Å². The van der Waals surface area contributed by atoms with E-state index in [-0.39, 0.29) is 36.5 Å². The van der Waals surface area contributed by atoms with Crippen molar-refractivity contribution in [1.82, 2.24) is 24.9 Å². The highest BCUT2D eigenvalue weighted by Gasteiger charge is 2.44. The lowest BCUT2D eigenvalue weighted by atomic mass is 9.95. The summed E-state index contributed by atoms with van der Waals surface area (Å²) in [7, 11) is 0. The third-order valence-electron chi connectivity index (χ3n) is 10.4. The van der Waals surface area contributed by atoms with Gasteiger partial charge in [-0.3, -0.25) is 44.0 Å². The smallest absolute Gasteiger partial charge is 0.262 e. The zero-order valence-electron chi connectivity index (χ0n) is 28.2. The van der Waals surface area contributed by atoms with Crippen LogP contribution >= 0.6 is 0 Å². The predicted octanol–water partition coefficient (Wildman–Crippen LogP) is 3.33. The maximum absolute atomic E-state index is 13.3. The SMILES string of the molecule is O=C1CCC(N2C(=O)c3ccc(-c4cccc(CN5CCC(CN6CCN(C(=O)COCc7ccccc7)CC6)CC5)c4)cc3C2=O)C(=O)N1. The van der Waals surface area contributed by atoms with E-state index in [1.165, 1.54) is 5.56 Å². The van der Waals surface area contributed by atoms with Gasteiger partial charge in [-0.05, 0) is 78.7 Å². The maximum atomic E-state index is 13.3. The van der Waals surface area contributed by atoms with Crippen LogP contribution < -0.4 is 5.32 Å². The molecule has 3 aromatic carbocycles. The van der Waals surface area contributed by atoms with Gasteiger partial charge in [0.05, 0.1) is 17.7 Å². The van der Waals surface area contributed by atoms with Gasteiger partial charge in [-0.15, -0.1) is 0 Å². The number of rotatable bonds is 10. The number of likely N-dealkylation sites (tertiary alicyclic amines) is 1. The summed E-state index contributed by atoms with van der Waals surface area (Å²) in [4.78, 5) is 71.0. The average molecular weight is 678 g/mol. The third kappa shape index (κ3) is 7.55. The molecule has 4 heterocycles. The van der Waals surface area contributed by atoms with E-state index in [0.29, 0.717) is 12.5 Å². The molecular formula is C39H43N5O6. The number of ether oxygens (including phenoxy) is 1. The van der Waals surface area contributed by atoms with E-state index < -0.39 is 29.7 Å². The molecule has 1 unspecified atom stereocenters. The van der Waals surface area contributed by atoms with Crippen LogP contribution in [0.4, 0.5) is 0 Å². The van der Waals surface area contributed by atoms with Gasteiger partial charge in [0.25, 0.3) is 11.8 Å². The molecule has 5 amide bonds. The van der Waals surface area contributed by atoms with Gasteiger partial charge in [-0.1, -0.05) is 54.6 Å². The van der Waals surface area contributed by atoms with Gasteiger partial charge in [0, 0.05) is 45.7 Å². The standard InChI is InChI=1S/C39H43N5O6/c45-35-12-11-34(37(47)40-35)44-38(48)32-10-9-31(22-33(32)39(44)49)30-8-4-7-29(21-30)24-41-15-13-27(14-16-41)23-42-17-19-43(20-18-42)36(46)26-50-25-28-5-2-1-3-6-28/h1-10,21-22,27,34H,11-20,23-26H2,(H,40,45,47). The van der Waals surface area contributed by atoms with E-state index in [1.807, 2.05) is 53.4 Å². The fourth-order valence-electron chi connectivity index (χ4n) is 7.55. The van der Waals surface area contributed by atoms with Crippen LogP contribution in [0.2, 0.25) is 0 Å². The van der Waals surface area contributed by atoms with Gasteiger partial charge < -0.3 is 9.64 Å². The quantitative estimate of drug-likeness (QED) is 0.325. The Bertz CT molecular complexity index is 1760. The van der Waals surface area contributed by atoms with E-state index >= 15 is 0 Å². The second-order valence-electron chi connectivity index (χ2n) is 13.8. The Morgan fingerprint density at radius 2 is 1.44 bits per heavy atom. The van der Waals surface area contributed by atoms with Crippen LogP contribution in [0.25, 0.3) is 11.1 Å². The summed E-state index contributed by atoms with van der Waals surface area (Å²) in [6, 6.07) is 22.5. The molecule has 4 aliphatic rings. The normalized spacial score (nSPS) is 20.7. The Kier molecular flexibility index (Phi) is 10.2. The fraction of sp³-hybridized carbons (Fsp3) is 0.410. The van der Waals surface area contributed by atoms with E-state index in [2.05, 4.69) is 27.2 Å². The number of hydrogen-bond acceptors (Lipinski definition) is 8. The monoisotopic (exact) mass is 677 g/mol. The number of fused-ring (bicyclic) bond motifs is 1. The van der Waals surface area contributed by atoms with Crippen molar-refractivity contribution in [2.75, 3.05) is 52.4 Å². The van der Waals surface area contributed by atoms with Gasteiger partial charge in [0.1, 0.15) is 12.6 Å². The summed E-state index contributed by atoms with van der Waals surface area (Å²) < 4.78 is 5.66. The minimum absolute atomic E-state index is 0.0640. The molecule has 7 rings (SSSR count). The summed E-state index contributed by atoms with van der Waals surface area (Å²) in [5, 5.41) is 2.24. The van der Waals surface area contributed by atoms with Crippen LogP contribution in [0.1, 0.15) is 57.5 Å². The molecule has 0 spiro atoms. The van der Waals surface area contributed by atoms with Crippen molar-refractivity contribution >= 4 is 29.5 Å². The molecule has 50 heavy (non-hydrogen) atoms. The number of hydrogen-bond donors (Lipinski definition) is 1. The van der Waals surface area contributed by atoms with Gasteiger partial charge in [-0.2, -0.15) is 0 Å². The Labute approximate surface area is 292 Å². The number of imide groups is 2. The van der Waals surface area contributed by atoms with Crippen LogP contribution in [0, 0.1) is 5.92 Å². The largest absolute Gasteiger partial charge is 0.367 e. The first-order valence-corrected chi connectivity index (χ1v) is 17.6. The van der Waals surface area contributed by atoms with Crippen molar-refractivity contribution < 1.29 is 28.7 Å². The molecule has 4 aliphatic heterocycles. The second-order valence-corrected chi connectivity index (χ2v) is 13.8.